The summed E-state index contributed by atoms with van der Waals surface area (Å²) < 4.78 is 23.1. The molecule has 1 aromatic carbocycles. The van der Waals surface area contributed by atoms with Crippen LogP contribution in [0.25, 0.3) is 0 Å². The lowest BCUT2D eigenvalue weighted by Crippen LogP contribution is -2.01. The zero-order chi connectivity index (χ0) is 12.2. The Kier molecular flexibility index (Phi) is 3.84. The first kappa shape index (κ1) is 12.4. The molecule has 0 radical (unpaired) electrons. The standard InChI is InChI=1S/C11H12O4S/c1-2-7-16(14,15)10-5-3-9(4-6-10)8-11(12)13/h2-7H,8H2,1H3,(H,12,13)/b7-2+. The highest BCUT2D eigenvalue weighted by Gasteiger charge is 2.09. The predicted molar refractivity (Wildman–Crippen MR) is 59.8 cm³/mol. The second-order valence-electron chi connectivity index (χ2n) is 3.23. The zero-order valence-corrected chi connectivity index (χ0v) is 9.57. The molecule has 0 aromatic heterocycles. The van der Waals surface area contributed by atoms with Crippen molar-refractivity contribution in [1.29, 1.82) is 0 Å². The molecule has 0 fully saturated rings. The fraction of sp³-hybridized carbons (Fsp3) is 0.182. The quantitative estimate of drug-likeness (QED) is 0.868. The van der Waals surface area contributed by atoms with Crippen LogP contribution in [0.1, 0.15) is 12.5 Å². The van der Waals surface area contributed by atoms with E-state index in [1.54, 1.807) is 6.92 Å². The molecule has 16 heavy (non-hydrogen) atoms. The minimum absolute atomic E-state index is 0.107. The van der Waals surface area contributed by atoms with Crippen LogP contribution >= 0.6 is 0 Å². The second kappa shape index (κ2) is 4.94. The van der Waals surface area contributed by atoms with Crippen molar-refractivity contribution >= 4 is 15.8 Å². The SMILES string of the molecule is C/C=C/S(=O)(=O)c1ccc(CC(=O)O)cc1. The van der Waals surface area contributed by atoms with Gasteiger partial charge in [0.05, 0.1) is 11.3 Å². The molecule has 0 spiro atoms. The summed E-state index contributed by atoms with van der Waals surface area (Å²) in [6.07, 6.45) is 1.34. The van der Waals surface area contributed by atoms with E-state index in [0.29, 0.717) is 5.56 Å². The average molecular weight is 240 g/mol. The van der Waals surface area contributed by atoms with Gasteiger partial charge in [-0.25, -0.2) is 8.42 Å². The summed E-state index contributed by atoms with van der Waals surface area (Å²) in [5.41, 5.74) is 0.576. The van der Waals surface area contributed by atoms with Crippen LogP contribution in [0.2, 0.25) is 0 Å². The van der Waals surface area contributed by atoms with Crippen molar-refractivity contribution in [1.82, 2.24) is 0 Å². The number of rotatable bonds is 4. The van der Waals surface area contributed by atoms with Gasteiger partial charge in [0.1, 0.15) is 0 Å². The van der Waals surface area contributed by atoms with Crippen molar-refractivity contribution in [2.24, 2.45) is 0 Å². The van der Waals surface area contributed by atoms with Gasteiger partial charge >= 0.3 is 5.97 Å². The van der Waals surface area contributed by atoms with Crippen LogP contribution in [0.5, 0.6) is 0 Å². The van der Waals surface area contributed by atoms with Gasteiger partial charge in [0.2, 0.25) is 0 Å². The lowest BCUT2D eigenvalue weighted by molar-refractivity contribution is -0.136. The summed E-state index contributed by atoms with van der Waals surface area (Å²) in [5, 5.41) is 9.66. The van der Waals surface area contributed by atoms with Crippen molar-refractivity contribution in [3.8, 4) is 0 Å². The minimum atomic E-state index is -3.38. The van der Waals surface area contributed by atoms with Gasteiger partial charge in [-0.15, -0.1) is 0 Å². The molecule has 1 rings (SSSR count). The fourth-order valence-corrected chi connectivity index (χ4v) is 2.26. The summed E-state index contributed by atoms with van der Waals surface area (Å²) >= 11 is 0. The zero-order valence-electron chi connectivity index (χ0n) is 8.75. The van der Waals surface area contributed by atoms with Crippen molar-refractivity contribution in [3.63, 3.8) is 0 Å². The van der Waals surface area contributed by atoms with Crippen molar-refractivity contribution in [3.05, 3.63) is 41.3 Å². The molecule has 0 unspecified atom stereocenters. The summed E-state index contributed by atoms with van der Waals surface area (Å²) in [7, 11) is -3.38. The van der Waals surface area contributed by atoms with E-state index in [1.807, 2.05) is 0 Å². The highest BCUT2D eigenvalue weighted by molar-refractivity contribution is 7.94. The van der Waals surface area contributed by atoms with Crippen LogP contribution in [0.3, 0.4) is 0 Å². The van der Waals surface area contributed by atoms with Crippen molar-refractivity contribution < 1.29 is 18.3 Å². The molecule has 0 atom stereocenters. The highest BCUT2D eigenvalue weighted by atomic mass is 32.2. The van der Waals surface area contributed by atoms with E-state index in [2.05, 4.69) is 0 Å². The first-order valence-corrected chi connectivity index (χ1v) is 6.19. The number of hydrogen-bond donors (Lipinski definition) is 1. The molecule has 0 aliphatic rings. The fourth-order valence-electron chi connectivity index (χ4n) is 1.23. The number of allylic oxidation sites excluding steroid dienone is 1. The Morgan fingerprint density at radius 3 is 2.31 bits per heavy atom. The van der Waals surface area contributed by atoms with Crippen LogP contribution in [-0.2, 0) is 21.1 Å². The summed E-state index contributed by atoms with van der Waals surface area (Å²) in [5.74, 6) is -0.941. The summed E-state index contributed by atoms with van der Waals surface area (Å²) in [6.45, 7) is 1.62. The molecule has 0 amide bonds. The molecule has 1 aromatic rings. The van der Waals surface area contributed by atoms with Crippen LogP contribution in [0, 0.1) is 0 Å². The normalized spacial score (nSPS) is 11.8. The largest absolute Gasteiger partial charge is 0.481 e. The third kappa shape index (κ3) is 3.20. The molecule has 0 saturated carbocycles. The number of carbonyl (C=O) groups is 1. The molecule has 0 aliphatic heterocycles. The topological polar surface area (TPSA) is 71.4 Å². The van der Waals surface area contributed by atoms with Gasteiger partial charge in [-0.05, 0) is 24.6 Å². The smallest absolute Gasteiger partial charge is 0.307 e. The molecule has 0 aliphatic carbocycles. The van der Waals surface area contributed by atoms with E-state index in [-0.39, 0.29) is 11.3 Å². The van der Waals surface area contributed by atoms with Crippen LogP contribution in [0.15, 0.2) is 40.6 Å². The van der Waals surface area contributed by atoms with Gasteiger partial charge < -0.3 is 5.11 Å². The number of aliphatic carboxylic acids is 1. The maximum atomic E-state index is 11.6. The third-order valence-corrected chi connectivity index (χ3v) is 3.48. The number of benzene rings is 1. The minimum Gasteiger partial charge on any atom is -0.481 e. The first-order valence-electron chi connectivity index (χ1n) is 4.64. The highest BCUT2D eigenvalue weighted by Crippen LogP contribution is 2.13. The monoisotopic (exact) mass is 240 g/mol. The van der Waals surface area contributed by atoms with Gasteiger partial charge in [-0.2, -0.15) is 0 Å². The molecule has 0 saturated heterocycles. The molecule has 86 valence electrons. The van der Waals surface area contributed by atoms with E-state index < -0.39 is 15.8 Å². The van der Waals surface area contributed by atoms with Gasteiger partial charge in [-0.1, -0.05) is 18.2 Å². The van der Waals surface area contributed by atoms with Gasteiger partial charge in [0.15, 0.2) is 9.84 Å². The second-order valence-corrected chi connectivity index (χ2v) is 5.06. The van der Waals surface area contributed by atoms with Crippen molar-refractivity contribution in [2.45, 2.75) is 18.2 Å². The maximum absolute atomic E-state index is 11.6. The van der Waals surface area contributed by atoms with E-state index in [0.717, 1.165) is 5.41 Å². The molecule has 0 bridgehead atoms. The van der Waals surface area contributed by atoms with Crippen molar-refractivity contribution in [2.75, 3.05) is 0 Å². The third-order valence-electron chi connectivity index (χ3n) is 1.92. The van der Waals surface area contributed by atoms with Crippen LogP contribution in [-0.4, -0.2) is 19.5 Å². The number of carboxylic acid groups (broad SMARTS) is 1. The molecule has 1 N–H and O–H groups in total. The number of hydrogen-bond acceptors (Lipinski definition) is 3. The van der Waals surface area contributed by atoms with Gasteiger partial charge in [0.25, 0.3) is 0 Å². The lowest BCUT2D eigenvalue weighted by atomic mass is 10.2. The Labute approximate surface area is 94.1 Å². The summed E-state index contributed by atoms with van der Waals surface area (Å²) in [4.78, 5) is 10.6. The Morgan fingerprint density at radius 1 is 1.31 bits per heavy atom. The Balaban J connectivity index is 3.00. The average Bonchev–Trinajstić information content (AvgIpc) is 2.17. The molecule has 4 nitrogen and oxygen atoms in total. The summed E-state index contributed by atoms with van der Waals surface area (Å²) in [6, 6.07) is 5.83. The molecule has 5 heteroatoms. The maximum Gasteiger partial charge on any atom is 0.307 e. The molecular weight excluding hydrogens is 228 g/mol. The first-order chi connectivity index (χ1) is 7.45. The van der Waals surface area contributed by atoms with E-state index in [1.165, 1.54) is 30.3 Å². The van der Waals surface area contributed by atoms with Gasteiger partial charge in [0, 0.05) is 5.41 Å². The Bertz CT molecular complexity index is 497. The van der Waals surface area contributed by atoms with E-state index in [4.69, 9.17) is 5.11 Å². The van der Waals surface area contributed by atoms with Gasteiger partial charge in [-0.3, -0.25) is 4.79 Å². The van der Waals surface area contributed by atoms with Crippen LogP contribution < -0.4 is 0 Å². The Hall–Kier alpha value is -1.62. The lowest BCUT2D eigenvalue weighted by Gasteiger charge is -2.00. The molecule has 0 heterocycles. The predicted octanol–water partition coefficient (Wildman–Crippen LogP) is 1.62. The molecular formula is C11H12O4S. The van der Waals surface area contributed by atoms with Crippen LogP contribution in [0.4, 0.5) is 0 Å². The van der Waals surface area contributed by atoms with E-state index >= 15 is 0 Å². The van der Waals surface area contributed by atoms with E-state index in [9.17, 15) is 13.2 Å². The number of carboxylic acids is 1. The number of sulfone groups is 1. The Morgan fingerprint density at radius 2 is 1.88 bits per heavy atom.